The van der Waals surface area contributed by atoms with E-state index in [1.165, 1.54) is 12.3 Å². The Balaban J connectivity index is 1.76. The maximum absolute atomic E-state index is 12.3. The lowest BCUT2D eigenvalue weighted by atomic mass is 10.1. The van der Waals surface area contributed by atoms with Gasteiger partial charge < -0.3 is 5.32 Å². The van der Waals surface area contributed by atoms with Gasteiger partial charge in [0, 0.05) is 23.5 Å². The molecule has 0 saturated carbocycles. The van der Waals surface area contributed by atoms with E-state index in [0.29, 0.717) is 0 Å². The molecule has 0 radical (unpaired) electrons. The second-order valence-corrected chi connectivity index (χ2v) is 6.41. The van der Waals surface area contributed by atoms with Gasteiger partial charge in [0.05, 0.1) is 17.9 Å². The van der Waals surface area contributed by atoms with Crippen molar-refractivity contribution in [3.63, 3.8) is 0 Å². The Morgan fingerprint density at radius 2 is 1.96 bits per heavy atom. The van der Waals surface area contributed by atoms with Crippen LogP contribution in [0.1, 0.15) is 29.8 Å². The maximum Gasteiger partial charge on any atom is 0.328 e. The number of aromatic amines is 1. The summed E-state index contributed by atoms with van der Waals surface area (Å²) in [5.41, 5.74) is 2.79. The van der Waals surface area contributed by atoms with Gasteiger partial charge in [0.25, 0.3) is 5.56 Å². The van der Waals surface area contributed by atoms with Crippen LogP contribution in [0.25, 0.3) is 5.69 Å². The van der Waals surface area contributed by atoms with E-state index in [9.17, 15) is 14.4 Å². The molecule has 140 valence electrons. The Labute approximate surface area is 155 Å². The first-order valence-electron chi connectivity index (χ1n) is 8.56. The molecule has 2 N–H and O–H groups in total. The van der Waals surface area contributed by atoms with Crippen molar-refractivity contribution in [2.24, 2.45) is 0 Å². The number of aromatic nitrogens is 4. The van der Waals surface area contributed by atoms with Crippen molar-refractivity contribution in [3.05, 3.63) is 80.4 Å². The van der Waals surface area contributed by atoms with Crippen molar-refractivity contribution >= 4 is 5.91 Å². The minimum Gasteiger partial charge on any atom is -0.348 e. The first-order valence-corrected chi connectivity index (χ1v) is 8.56. The zero-order chi connectivity index (χ0) is 19.6. The smallest absolute Gasteiger partial charge is 0.328 e. The Bertz CT molecular complexity index is 1090. The van der Waals surface area contributed by atoms with Gasteiger partial charge in [-0.05, 0) is 32.4 Å². The molecule has 0 aliphatic carbocycles. The van der Waals surface area contributed by atoms with Crippen LogP contribution in [-0.2, 0) is 11.3 Å². The molecule has 0 bridgehead atoms. The molecule has 0 aliphatic rings. The molecule has 2 aromatic heterocycles. The van der Waals surface area contributed by atoms with Gasteiger partial charge >= 0.3 is 5.69 Å². The third-order valence-electron chi connectivity index (χ3n) is 4.45. The molecule has 8 heteroatoms. The molecule has 1 atom stereocenters. The van der Waals surface area contributed by atoms with E-state index in [0.717, 1.165) is 27.1 Å². The number of rotatable bonds is 5. The third-order valence-corrected chi connectivity index (χ3v) is 4.45. The Morgan fingerprint density at radius 3 is 2.67 bits per heavy atom. The van der Waals surface area contributed by atoms with Crippen molar-refractivity contribution in [1.82, 2.24) is 24.6 Å². The largest absolute Gasteiger partial charge is 0.348 e. The van der Waals surface area contributed by atoms with Crippen LogP contribution in [0.5, 0.6) is 0 Å². The lowest BCUT2D eigenvalue weighted by molar-refractivity contribution is -0.122. The average molecular weight is 367 g/mol. The second-order valence-electron chi connectivity index (χ2n) is 6.41. The van der Waals surface area contributed by atoms with E-state index in [-0.39, 0.29) is 18.5 Å². The van der Waals surface area contributed by atoms with Gasteiger partial charge in [-0.15, -0.1) is 0 Å². The number of para-hydroxylation sites is 1. The number of benzene rings is 1. The topological polar surface area (TPSA) is 102 Å². The Hall–Kier alpha value is -3.42. The van der Waals surface area contributed by atoms with Crippen LogP contribution in [-0.4, -0.2) is 25.2 Å². The number of nitrogens with zero attached hydrogens (tertiary/aromatic N) is 3. The summed E-state index contributed by atoms with van der Waals surface area (Å²) in [7, 11) is 0. The van der Waals surface area contributed by atoms with Gasteiger partial charge in [-0.2, -0.15) is 5.10 Å². The van der Waals surface area contributed by atoms with Crippen LogP contribution in [0.15, 0.2) is 52.3 Å². The van der Waals surface area contributed by atoms with E-state index >= 15 is 0 Å². The highest BCUT2D eigenvalue weighted by Crippen LogP contribution is 2.21. The normalized spacial score (nSPS) is 12.0. The molecule has 8 nitrogen and oxygen atoms in total. The van der Waals surface area contributed by atoms with Gasteiger partial charge in [0.2, 0.25) is 5.91 Å². The minimum absolute atomic E-state index is 0.176. The van der Waals surface area contributed by atoms with E-state index in [1.807, 2.05) is 49.7 Å². The summed E-state index contributed by atoms with van der Waals surface area (Å²) in [6, 6.07) is 8.85. The van der Waals surface area contributed by atoms with Crippen molar-refractivity contribution in [2.75, 3.05) is 0 Å². The third kappa shape index (κ3) is 3.89. The maximum atomic E-state index is 12.3. The lowest BCUT2D eigenvalue weighted by Gasteiger charge is -2.15. The molecule has 0 spiro atoms. The SMILES string of the molecule is Cc1ccccc1-n1ncc(C(C)NC(=O)Cn2ccc(=O)[nH]c2=O)c1C. The van der Waals surface area contributed by atoms with Gasteiger partial charge in [-0.1, -0.05) is 18.2 Å². The molecular weight excluding hydrogens is 346 g/mol. The Morgan fingerprint density at radius 1 is 1.22 bits per heavy atom. The van der Waals surface area contributed by atoms with Crippen molar-refractivity contribution in [2.45, 2.75) is 33.4 Å². The molecule has 3 rings (SSSR count). The predicted octanol–water partition coefficient (Wildman–Crippen LogP) is 1.22. The molecule has 2 heterocycles. The first-order chi connectivity index (χ1) is 12.9. The number of carbonyl (C=O) groups excluding carboxylic acids is 1. The fraction of sp³-hybridized carbons (Fsp3) is 0.263. The highest BCUT2D eigenvalue weighted by Gasteiger charge is 2.17. The van der Waals surface area contributed by atoms with Crippen LogP contribution in [0.3, 0.4) is 0 Å². The van der Waals surface area contributed by atoms with Crippen LogP contribution in [0.2, 0.25) is 0 Å². The summed E-state index contributed by atoms with van der Waals surface area (Å²) in [5, 5.41) is 7.32. The van der Waals surface area contributed by atoms with Crippen molar-refractivity contribution in [1.29, 1.82) is 0 Å². The first kappa shape index (κ1) is 18.4. The summed E-state index contributed by atoms with van der Waals surface area (Å²) in [4.78, 5) is 37.2. The number of H-pyrrole nitrogens is 1. The van der Waals surface area contributed by atoms with Crippen LogP contribution in [0, 0.1) is 13.8 Å². The quantitative estimate of drug-likeness (QED) is 0.708. The van der Waals surface area contributed by atoms with Crippen LogP contribution in [0.4, 0.5) is 0 Å². The van der Waals surface area contributed by atoms with Gasteiger partial charge in [0.1, 0.15) is 6.54 Å². The molecule has 1 amide bonds. The van der Waals surface area contributed by atoms with Crippen molar-refractivity contribution < 1.29 is 4.79 Å². The zero-order valence-electron chi connectivity index (χ0n) is 15.4. The Kier molecular flexibility index (Phi) is 5.07. The predicted molar refractivity (Wildman–Crippen MR) is 101 cm³/mol. The monoisotopic (exact) mass is 367 g/mol. The number of aryl methyl sites for hydroxylation is 1. The second kappa shape index (κ2) is 7.45. The summed E-state index contributed by atoms with van der Waals surface area (Å²) in [6.45, 7) is 5.65. The standard InChI is InChI=1S/C19H21N5O3/c1-12-6-4-5-7-16(12)24-14(3)15(10-20-24)13(2)21-18(26)11-23-9-8-17(25)22-19(23)27/h4-10,13H,11H2,1-3H3,(H,21,26)(H,22,25,27). The minimum atomic E-state index is -0.617. The van der Waals surface area contributed by atoms with E-state index in [1.54, 1.807) is 6.20 Å². The summed E-state index contributed by atoms with van der Waals surface area (Å²) < 4.78 is 2.99. The molecule has 0 saturated heterocycles. The number of nitrogens with one attached hydrogen (secondary N) is 2. The number of hydrogen-bond acceptors (Lipinski definition) is 4. The van der Waals surface area contributed by atoms with Crippen LogP contribution < -0.4 is 16.6 Å². The van der Waals surface area contributed by atoms with E-state index in [2.05, 4.69) is 15.4 Å². The van der Waals surface area contributed by atoms with Gasteiger partial charge in [-0.25, -0.2) is 9.48 Å². The van der Waals surface area contributed by atoms with E-state index in [4.69, 9.17) is 0 Å². The highest BCUT2D eigenvalue weighted by molar-refractivity contribution is 5.76. The lowest BCUT2D eigenvalue weighted by Crippen LogP contribution is -2.36. The highest BCUT2D eigenvalue weighted by atomic mass is 16.2. The van der Waals surface area contributed by atoms with Crippen LogP contribution >= 0.6 is 0 Å². The van der Waals surface area contributed by atoms with Gasteiger partial charge in [-0.3, -0.25) is 19.1 Å². The molecule has 27 heavy (non-hydrogen) atoms. The number of hydrogen-bond donors (Lipinski definition) is 2. The fourth-order valence-corrected chi connectivity index (χ4v) is 2.98. The molecule has 3 aromatic rings. The summed E-state index contributed by atoms with van der Waals surface area (Å²) >= 11 is 0. The molecular formula is C19H21N5O3. The molecule has 0 aliphatic heterocycles. The number of amides is 1. The molecule has 1 aromatic carbocycles. The molecule has 0 fully saturated rings. The van der Waals surface area contributed by atoms with Gasteiger partial charge in [0.15, 0.2) is 0 Å². The van der Waals surface area contributed by atoms with Crippen molar-refractivity contribution in [3.8, 4) is 5.69 Å². The summed E-state index contributed by atoms with van der Waals surface area (Å²) in [5.74, 6) is -0.334. The number of carbonyl (C=O) groups is 1. The fourth-order valence-electron chi connectivity index (χ4n) is 2.98. The van der Waals surface area contributed by atoms with E-state index < -0.39 is 11.2 Å². The average Bonchev–Trinajstić information content (AvgIpc) is 2.99. The molecule has 1 unspecified atom stereocenters. The summed E-state index contributed by atoms with van der Waals surface area (Å²) in [6.07, 6.45) is 3.03. The zero-order valence-corrected chi connectivity index (χ0v) is 15.4.